The molecule has 0 amide bonds. The molecule has 0 saturated heterocycles. The molecule has 0 saturated carbocycles. The normalized spacial score (nSPS) is 9.17. The molecule has 0 bridgehead atoms. The summed E-state index contributed by atoms with van der Waals surface area (Å²) in [5, 5.41) is 8.15. The van der Waals surface area contributed by atoms with Crippen LogP contribution in [-0.2, 0) is 19.1 Å². The van der Waals surface area contributed by atoms with Crippen molar-refractivity contribution in [1.82, 2.24) is 0 Å². The van der Waals surface area contributed by atoms with Crippen molar-refractivity contribution in [3.63, 3.8) is 0 Å². The molecule has 0 unspecified atom stereocenters. The predicted octanol–water partition coefficient (Wildman–Crippen LogP) is -0.177. The van der Waals surface area contributed by atoms with Crippen LogP contribution in [0.1, 0.15) is 19.8 Å². The van der Waals surface area contributed by atoms with Crippen molar-refractivity contribution in [2.24, 2.45) is 0 Å². The predicted molar refractivity (Wildman–Crippen MR) is 39.0 cm³/mol. The van der Waals surface area contributed by atoms with Gasteiger partial charge in [0.25, 0.3) is 0 Å². The van der Waals surface area contributed by atoms with Gasteiger partial charge in [-0.25, -0.2) is 0 Å². The lowest BCUT2D eigenvalue weighted by molar-refractivity contribution is -0.155. The van der Waals surface area contributed by atoms with Crippen molar-refractivity contribution in [3.8, 4) is 0 Å². The van der Waals surface area contributed by atoms with Gasteiger partial charge in [-0.05, 0) is 6.92 Å². The highest BCUT2D eigenvalue weighted by Gasteiger charge is 2.07. The summed E-state index contributed by atoms with van der Waals surface area (Å²) in [7, 11) is 0. The zero-order valence-corrected chi connectivity index (χ0v) is 6.91. The van der Waals surface area contributed by atoms with E-state index in [4.69, 9.17) is 5.11 Å². The molecule has 70 valence electrons. The molecule has 0 radical (unpaired) electrons. The second kappa shape index (κ2) is 6.60. The number of ether oxygens (including phenoxy) is 2. The van der Waals surface area contributed by atoms with Crippen molar-refractivity contribution < 1.29 is 24.2 Å². The van der Waals surface area contributed by atoms with E-state index in [1.165, 1.54) is 0 Å². The number of hydrogen-bond donors (Lipinski definition) is 1. The third kappa shape index (κ3) is 5.67. The Kier molecular flexibility index (Phi) is 6.00. The molecule has 0 aromatic rings. The number of aliphatic hydroxyl groups is 1. The van der Waals surface area contributed by atoms with Crippen LogP contribution >= 0.6 is 0 Å². The van der Waals surface area contributed by atoms with Crippen molar-refractivity contribution in [2.45, 2.75) is 19.8 Å². The van der Waals surface area contributed by atoms with Crippen LogP contribution in [0.25, 0.3) is 0 Å². The Balaban J connectivity index is 3.40. The summed E-state index contributed by atoms with van der Waals surface area (Å²) in [6.45, 7) is 1.33. The Morgan fingerprint density at radius 3 is 2.08 bits per heavy atom. The van der Waals surface area contributed by atoms with Crippen LogP contribution in [0.5, 0.6) is 0 Å². The van der Waals surface area contributed by atoms with Crippen LogP contribution in [0.2, 0.25) is 0 Å². The molecule has 0 spiro atoms. The molecule has 0 aliphatic rings. The van der Waals surface area contributed by atoms with Gasteiger partial charge in [0.05, 0.1) is 19.4 Å². The van der Waals surface area contributed by atoms with Gasteiger partial charge in [0.15, 0.2) is 6.79 Å². The fraction of sp³-hybridized carbons (Fsp3) is 0.714. The summed E-state index contributed by atoms with van der Waals surface area (Å²) < 4.78 is 8.74. The van der Waals surface area contributed by atoms with Gasteiger partial charge in [0.2, 0.25) is 0 Å². The van der Waals surface area contributed by atoms with Crippen molar-refractivity contribution in [2.75, 3.05) is 13.4 Å². The fourth-order valence-corrected chi connectivity index (χ4v) is 0.581. The van der Waals surface area contributed by atoms with Gasteiger partial charge >= 0.3 is 11.9 Å². The van der Waals surface area contributed by atoms with E-state index in [2.05, 4.69) is 9.47 Å². The molecule has 0 aliphatic carbocycles. The fourth-order valence-electron chi connectivity index (χ4n) is 0.581. The Morgan fingerprint density at radius 1 is 1.17 bits per heavy atom. The molecule has 0 atom stereocenters. The zero-order chi connectivity index (χ0) is 9.40. The first-order chi connectivity index (χ1) is 5.70. The van der Waals surface area contributed by atoms with Crippen molar-refractivity contribution >= 4 is 11.9 Å². The van der Waals surface area contributed by atoms with Crippen LogP contribution in [-0.4, -0.2) is 30.4 Å². The van der Waals surface area contributed by atoms with Crippen LogP contribution in [0.3, 0.4) is 0 Å². The zero-order valence-electron chi connectivity index (χ0n) is 6.91. The number of hydrogen-bond acceptors (Lipinski definition) is 5. The van der Waals surface area contributed by atoms with E-state index >= 15 is 0 Å². The molecule has 0 fully saturated rings. The Bertz CT molecular complexity index is 136. The maximum Gasteiger partial charge on any atom is 0.308 e. The SMILES string of the molecule is CCOC(=O)CCC(=O)OCO. The first kappa shape index (κ1) is 10.9. The molecule has 0 aromatic heterocycles. The van der Waals surface area contributed by atoms with E-state index in [0.29, 0.717) is 6.61 Å². The summed E-state index contributed by atoms with van der Waals surface area (Å²) in [6.07, 6.45) is -0.0634. The number of carbonyl (C=O) groups is 2. The Morgan fingerprint density at radius 2 is 1.67 bits per heavy atom. The standard InChI is InChI=1S/C7H12O5/c1-2-11-6(9)3-4-7(10)12-5-8/h8H,2-5H2,1H3. The largest absolute Gasteiger partial charge is 0.466 e. The van der Waals surface area contributed by atoms with Gasteiger partial charge in [-0.1, -0.05) is 0 Å². The first-order valence-electron chi connectivity index (χ1n) is 3.62. The third-order valence-electron chi connectivity index (χ3n) is 1.06. The van der Waals surface area contributed by atoms with E-state index < -0.39 is 18.7 Å². The molecule has 5 heteroatoms. The molecule has 0 aliphatic heterocycles. The minimum absolute atomic E-state index is 0.00727. The third-order valence-corrected chi connectivity index (χ3v) is 1.06. The molecule has 0 aromatic carbocycles. The van der Waals surface area contributed by atoms with Gasteiger partial charge in [0.1, 0.15) is 0 Å². The van der Waals surface area contributed by atoms with Gasteiger partial charge in [-0.3, -0.25) is 9.59 Å². The quantitative estimate of drug-likeness (QED) is 0.464. The molecular weight excluding hydrogens is 164 g/mol. The van der Waals surface area contributed by atoms with Crippen LogP contribution in [0.4, 0.5) is 0 Å². The van der Waals surface area contributed by atoms with Gasteiger partial charge < -0.3 is 14.6 Å². The minimum atomic E-state index is -0.651. The average molecular weight is 176 g/mol. The van der Waals surface area contributed by atoms with Gasteiger partial charge in [-0.2, -0.15) is 0 Å². The van der Waals surface area contributed by atoms with E-state index in [9.17, 15) is 9.59 Å². The second-order valence-electron chi connectivity index (χ2n) is 1.95. The Hall–Kier alpha value is -1.10. The molecular formula is C7H12O5. The minimum Gasteiger partial charge on any atom is -0.466 e. The van der Waals surface area contributed by atoms with Crippen LogP contribution in [0, 0.1) is 0 Å². The number of rotatable bonds is 5. The van der Waals surface area contributed by atoms with Crippen molar-refractivity contribution in [3.05, 3.63) is 0 Å². The topological polar surface area (TPSA) is 72.8 Å². The smallest absolute Gasteiger partial charge is 0.308 e. The number of carbonyl (C=O) groups excluding carboxylic acids is 2. The number of aliphatic hydroxyl groups excluding tert-OH is 1. The summed E-state index contributed by atoms with van der Waals surface area (Å²) in [5.74, 6) is -1.04. The van der Waals surface area contributed by atoms with E-state index in [0.717, 1.165) is 0 Å². The number of esters is 2. The van der Waals surface area contributed by atoms with Crippen LogP contribution < -0.4 is 0 Å². The van der Waals surface area contributed by atoms with Crippen molar-refractivity contribution in [1.29, 1.82) is 0 Å². The average Bonchev–Trinajstić information content (AvgIpc) is 2.02. The highest BCUT2D eigenvalue weighted by molar-refractivity contribution is 5.77. The lowest BCUT2D eigenvalue weighted by Gasteiger charge is -2.00. The summed E-state index contributed by atoms with van der Waals surface area (Å²) in [6, 6.07) is 0. The van der Waals surface area contributed by atoms with E-state index in [1.807, 2.05) is 0 Å². The summed E-state index contributed by atoms with van der Waals surface area (Å²) >= 11 is 0. The van der Waals surface area contributed by atoms with E-state index in [-0.39, 0.29) is 12.8 Å². The van der Waals surface area contributed by atoms with E-state index in [1.54, 1.807) is 6.92 Å². The van der Waals surface area contributed by atoms with Crippen LogP contribution in [0.15, 0.2) is 0 Å². The van der Waals surface area contributed by atoms with Gasteiger partial charge in [-0.15, -0.1) is 0 Å². The highest BCUT2D eigenvalue weighted by Crippen LogP contribution is 1.94. The first-order valence-corrected chi connectivity index (χ1v) is 3.62. The second-order valence-corrected chi connectivity index (χ2v) is 1.95. The molecule has 1 N–H and O–H groups in total. The maximum atomic E-state index is 10.7. The Labute approximate surface area is 70.3 Å². The van der Waals surface area contributed by atoms with Gasteiger partial charge in [0, 0.05) is 0 Å². The monoisotopic (exact) mass is 176 g/mol. The molecule has 5 nitrogen and oxygen atoms in total. The molecule has 0 rings (SSSR count). The highest BCUT2D eigenvalue weighted by atomic mass is 16.6. The maximum absolute atomic E-state index is 10.7. The molecule has 0 heterocycles. The summed E-state index contributed by atoms with van der Waals surface area (Å²) in [5.41, 5.74) is 0. The lowest BCUT2D eigenvalue weighted by Crippen LogP contribution is -2.10. The lowest BCUT2D eigenvalue weighted by atomic mass is 10.3. The summed E-state index contributed by atoms with van der Waals surface area (Å²) in [4.78, 5) is 21.2. The molecule has 12 heavy (non-hydrogen) atoms.